The van der Waals surface area contributed by atoms with Crippen molar-refractivity contribution in [3.63, 3.8) is 0 Å². The van der Waals surface area contributed by atoms with Crippen molar-refractivity contribution in [3.8, 4) is 5.88 Å². The molecule has 26 heavy (non-hydrogen) atoms. The summed E-state index contributed by atoms with van der Waals surface area (Å²) in [5.74, 6) is 0.385. The van der Waals surface area contributed by atoms with E-state index in [2.05, 4.69) is 20.4 Å². The number of nitrogens with zero attached hydrogens (tertiary/aromatic N) is 4. The number of methoxy groups -OCH3 is 1. The van der Waals surface area contributed by atoms with Gasteiger partial charge in [-0.1, -0.05) is 6.07 Å². The number of carbonyl (C=O) groups excluding carboxylic acids is 1. The Balaban J connectivity index is 1.58. The minimum absolute atomic E-state index is 0.152. The van der Waals surface area contributed by atoms with Gasteiger partial charge in [-0.05, 0) is 30.4 Å². The van der Waals surface area contributed by atoms with Crippen LogP contribution in [-0.2, 0) is 0 Å². The highest BCUT2D eigenvalue weighted by atomic mass is 16.5. The Hall–Kier alpha value is -3.00. The Morgan fingerprint density at radius 3 is 2.88 bits per heavy atom. The van der Waals surface area contributed by atoms with Crippen molar-refractivity contribution in [2.45, 2.75) is 25.0 Å². The number of amides is 1. The van der Waals surface area contributed by atoms with Crippen LogP contribution in [0.5, 0.6) is 5.88 Å². The van der Waals surface area contributed by atoms with Crippen LogP contribution in [0.1, 0.15) is 34.9 Å². The largest absolute Gasteiger partial charge is 0.481 e. The van der Waals surface area contributed by atoms with Crippen LogP contribution in [0.15, 0.2) is 42.9 Å². The normalized spacial score (nSPS) is 20.4. The molecule has 0 aromatic carbocycles. The molecule has 1 atom stereocenters. The Labute approximate surface area is 149 Å². The summed E-state index contributed by atoms with van der Waals surface area (Å²) in [5, 5.41) is 17.0. The van der Waals surface area contributed by atoms with Gasteiger partial charge in [0.1, 0.15) is 0 Å². The minimum Gasteiger partial charge on any atom is -0.481 e. The standard InChI is InChI=1S/C18H19N5O3/c1-26-16-4-3-11(10-20-16)17(12-7-13(24)8-12)21-18(25)14-9-15-19-5-2-6-23(15)22-14/h2-6,9-10,12-13,17,24H,7-8H2,1H3,(H,21,25). The predicted octanol–water partition coefficient (Wildman–Crippen LogP) is 1.37. The maximum atomic E-state index is 12.7. The van der Waals surface area contributed by atoms with E-state index in [0.29, 0.717) is 30.1 Å². The first-order valence-electron chi connectivity index (χ1n) is 8.43. The summed E-state index contributed by atoms with van der Waals surface area (Å²) in [6, 6.07) is 6.80. The fourth-order valence-electron chi connectivity index (χ4n) is 3.23. The topological polar surface area (TPSA) is 102 Å². The molecule has 3 aromatic rings. The van der Waals surface area contributed by atoms with E-state index in [1.165, 1.54) is 0 Å². The zero-order valence-corrected chi connectivity index (χ0v) is 14.2. The fourth-order valence-corrected chi connectivity index (χ4v) is 3.23. The first-order valence-corrected chi connectivity index (χ1v) is 8.43. The molecule has 1 unspecified atom stereocenters. The zero-order chi connectivity index (χ0) is 18.1. The van der Waals surface area contributed by atoms with Gasteiger partial charge >= 0.3 is 0 Å². The Bertz CT molecular complexity index is 885. The molecule has 1 saturated carbocycles. The van der Waals surface area contributed by atoms with Crippen LogP contribution in [-0.4, -0.2) is 43.8 Å². The predicted molar refractivity (Wildman–Crippen MR) is 92.7 cm³/mol. The third-order valence-corrected chi connectivity index (χ3v) is 4.70. The fraction of sp³-hybridized carbons (Fsp3) is 0.333. The molecule has 1 aliphatic carbocycles. The van der Waals surface area contributed by atoms with Gasteiger partial charge in [-0.25, -0.2) is 14.5 Å². The zero-order valence-electron chi connectivity index (χ0n) is 14.2. The van der Waals surface area contributed by atoms with E-state index in [1.54, 1.807) is 48.4 Å². The van der Waals surface area contributed by atoms with E-state index < -0.39 is 0 Å². The smallest absolute Gasteiger partial charge is 0.272 e. The number of nitrogens with one attached hydrogen (secondary N) is 1. The summed E-state index contributed by atoms with van der Waals surface area (Å²) < 4.78 is 6.65. The third-order valence-electron chi connectivity index (χ3n) is 4.70. The average Bonchev–Trinajstić information content (AvgIpc) is 3.08. The molecule has 3 aromatic heterocycles. The van der Waals surface area contributed by atoms with Gasteiger partial charge in [0.05, 0.1) is 19.3 Å². The lowest BCUT2D eigenvalue weighted by Gasteiger charge is -2.38. The SMILES string of the molecule is COc1ccc(C(NC(=O)c2cc3ncccn3n2)C2CC(O)C2)cn1. The van der Waals surface area contributed by atoms with E-state index >= 15 is 0 Å². The molecule has 134 valence electrons. The summed E-state index contributed by atoms with van der Waals surface area (Å²) in [6.07, 6.45) is 6.06. The summed E-state index contributed by atoms with van der Waals surface area (Å²) in [5.41, 5.74) is 1.78. The van der Waals surface area contributed by atoms with Crippen LogP contribution in [0.25, 0.3) is 5.65 Å². The molecule has 3 heterocycles. The highest BCUT2D eigenvalue weighted by molar-refractivity contribution is 5.93. The van der Waals surface area contributed by atoms with E-state index in [-0.39, 0.29) is 24.0 Å². The van der Waals surface area contributed by atoms with Crippen molar-refractivity contribution in [2.75, 3.05) is 7.11 Å². The van der Waals surface area contributed by atoms with Gasteiger partial charge in [0.25, 0.3) is 5.91 Å². The van der Waals surface area contributed by atoms with Crippen molar-refractivity contribution in [3.05, 3.63) is 54.1 Å². The molecule has 1 fully saturated rings. The maximum Gasteiger partial charge on any atom is 0.272 e. The van der Waals surface area contributed by atoms with Crippen molar-refractivity contribution in [2.24, 2.45) is 5.92 Å². The third kappa shape index (κ3) is 3.11. The Morgan fingerprint density at radius 2 is 2.23 bits per heavy atom. The van der Waals surface area contributed by atoms with Gasteiger partial charge in [-0.15, -0.1) is 0 Å². The first-order chi connectivity index (χ1) is 12.6. The van der Waals surface area contributed by atoms with E-state index in [9.17, 15) is 9.90 Å². The van der Waals surface area contributed by atoms with Crippen LogP contribution >= 0.6 is 0 Å². The highest BCUT2D eigenvalue weighted by Crippen LogP contribution is 2.38. The monoisotopic (exact) mass is 353 g/mol. The maximum absolute atomic E-state index is 12.7. The molecular formula is C18H19N5O3. The molecule has 0 saturated heterocycles. The number of carbonyl (C=O) groups is 1. The number of fused-ring (bicyclic) bond motifs is 1. The first kappa shape index (κ1) is 16.5. The average molecular weight is 353 g/mol. The lowest BCUT2D eigenvalue weighted by molar-refractivity contribution is 0.0234. The number of hydrogen-bond acceptors (Lipinski definition) is 6. The molecule has 1 amide bonds. The number of aliphatic hydroxyl groups excluding tert-OH is 1. The second-order valence-corrected chi connectivity index (χ2v) is 6.42. The number of pyridine rings is 1. The number of aromatic nitrogens is 4. The quantitative estimate of drug-likeness (QED) is 0.718. The van der Waals surface area contributed by atoms with Gasteiger partial charge in [0.2, 0.25) is 5.88 Å². The lowest BCUT2D eigenvalue weighted by Crippen LogP contribution is -2.41. The van der Waals surface area contributed by atoms with Crippen LogP contribution in [0, 0.1) is 5.92 Å². The summed E-state index contributed by atoms with van der Waals surface area (Å²) >= 11 is 0. The molecule has 8 nitrogen and oxygen atoms in total. The van der Waals surface area contributed by atoms with Gasteiger partial charge in [0.15, 0.2) is 11.3 Å². The second-order valence-electron chi connectivity index (χ2n) is 6.42. The van der Waals surface area contributed by atoms with Crippen molar-refractivity contribution < 1.29 is 14.6 Å². The van der Waals surface area contributed by atoms with Crippen LogP contribution in [0.3, 0.4) is 0 Å². The van der Waals surface area contributed by atoms with E-state index in [0.717, 1.165) is 5.56 Å². The van der Waals surface area contributed by atoms with E-state index in [4.69, 9.17) is 4.74 Å². The Morgan fingerprint density at radius 1 is 1.38 bits per heavy atom. The molecule has 0 spiro atoms. The molecular weight excluding hydrogens is 334 g/mol. The van der Waals surface area contributed by atoms with Crippen LogP contribution in [0.2, 0.25) is 0 Å². The number of aliphatic hydroxyl groups is 1. The van der Waals surface area contributed by atoms with Gasteiger partial charge in [-0.3, -0.25) is 4.79 Å². The molecule has 0 radical (unpaired) electrons. The lowest BCUT2D eigenvalue weighted by atomic mass is 9.75. The van der Waals surface area contributed by atoms with Crippen LogP contribution < -0.4 is 10.1 Å². The molecule has 1 aliphatic rings. The Kier molecular flexibility index (Phi) is 4.26. The second kappa shape index (κ2) is 6.72. The van der Waals surface area contributed by atoms with Gasteiger partial charge in [0, 0.05) is 30.7 Å². The molecule has 0 aliphatic heterocycles. The summed E-state index contributed by atoms with van der Waals surface area (Å²) in [6.45, 7) is 0. The van der Waals surface area contributed by atoms with Crippen molar-refractivity contribution in [1.29, 1.82) is 0 Å². The number of rotatable bonds is 5. The summed E-state index contributed by atoms with van der Waals surface area (Å²) in [7, 11) is 1.56. The molecule has 8 heteroatoms. The number of hydrogen-bond donors (Lipinski definition) is 2. The van der Waals surface area contributed by atoms with Crippen molar-refractivity contribution in [1.82, 2.24) is 24.9 Å². The van der Waals surface area contributed by atoms with E-state index in [1.807, 2.05) is 6.07 Å². The number of ether oxygens (including phenoxy) is 1. The highest BCUT2D eigenvalue weighted by Gasteiger charge is 2.36. The molecule has 2 N–H and O–H groups in total. The van der Waals surface area contributed by atoms with Gasteiger partial charge in [-0.2, -0.15) is 5.10 Å². The van der Waals surface area contributed by atoms with Crippen molar-refractivity contribution >= 4 is 11.6 Å². The van der Waals surface area contributed by atoms with Crippen LogP contribution in [0.4, 0.5) is 0 Å². The van der Waals surface area contributed by atoms with Gasteiger partial charge < -0.3 is 15.2 Å². The minimum atomic E-state index is -0.315. The summed E-state index contributed by atoms with van der Waals surface area (Å²) in [4.78, 5) is 21.1. The molecule has 0 bridgehead atoms. The molecule has 4 rings (SSSR count).